The Bertz CT molecular complexity index is 374. The van der Waals surface area contributed by atoms with Gasteiger partial charge in [0.15, 0.2) is 0 Å². The normalized spacial score (nSPS) is 11.3. The molecule has 2 nitrogen and oxygen atoms in total. The summed E-state index contributed by atoms with van der Waals surface area (Å²) in [5, 5.41) is 0.623. The van der Waals surface area contributed by atoms with Crippen LogP contribution in [0.2, 0.25) is 10.0 Å². The Balaban J connectivity index is 2.81. The van der Waals surface area contributed by atoms with Crippen molar-refractivity contribution in [3.05, 3.63) is 33.8 Å². The molecule has 0 saturated carbocycles. The highest BCUT2D eigenvalue weighted by molar-refractivity contribution is 6.39. The molecular formula is C12H14Cl2O2. The first-order valence-corrected chi connectivity index (χ1v) is 5.68. The molecule has 0 aliphatic rings. The zero-order valence-corrected chi connectivity index (χ0v) is 11.0. The topological polar surface area (TPSA) is 26.3 Å². The van der Waals surface area contributed by atoms with Crippen molar-refractivity contribution in [3.8, 4) is 0 Å². The lowest BCUT2D eigenvalue weighted by Crippen LogP contribution is -2.18. The van der Waals surface area contributed by atoms with E-state index in [9.17, 15) is 4.79 Å². The van der Waals surface area contributed by atoms with Gasteiger partial charge < -0.3 is 4.74 Å². The maximum absolute atomic E-state index is 11.7. The SMILES string of the molecule is CC(C)(C)COC(=O)c1c(Cl)cccc1Cl. The summed E-state index contributed by atoms with van der Waals surface area (Å²) in [6.07, 6.45) is 0. The highest BCUT2D eigenvalue weighted by atomic mass is 35.5. The fourth-order valence-electron chi connectivity index (χ4n) is 1.05. The summed E-state index contributed by atoms with van der Waals surface area (Å²) >= 11 is 11.8. The highest BCUT2D eigenvalue weighted by Crippen LogP contribution is 2.25. The van der Waals surface area contributed by atoms with Crippen LogP contribution < -0.4 is 0 Å². The Labute approximate surface area is 106 Å². The number of carbonyl (C=O) groups excluding carboxylic acids is 1. The van der Waals surface area contributed by atoms with Crippen LogP contribution in [-0.2, 0) is 4.74 Å². The van der Waals surface area contributed by atoms with Gasteiger partial charge in [0.05, 0.1) is 22.2 Å². The minimum absolute atomic E-state index is 0.0800. The van der Waals surface area contributed by atoms with Crippen molar-refractivity contribution in [2.45, 2.75) is 20.8 Å². The third-order valence-corrected chi connectivity index (χ3v) is 2.43. The molecule has 0 fully saturated rings. The van der Waals surface area contributed by atoms with Crippen LogP contribution in [0.5, 0.6) is 0 Å². The van der Waals surface area contributed by atoms with Crippen LogP contribution in [0, 0.1) is 5.41 Å². The molecule has 0 spiro atoms. The molecule has 0 radical (unpaired) electrons. The van der Waals surface area contributed by atoms with Gasteiger partial charge in [-0.05, 0) is 17.5 Å². The van der Waals surface area contributed by atoms with Crippen molar-refractivity contribution < 1.29 is 9.53 Å². The predicted molar refractivity (Wildman–Crippen MR) is 66.2 cm³/mol. The number of hydrogen-bond donors (Lipinski definition) is 0. The quantitative estimate of drug-likeness (QED) is 0.746. The fraction of sp³-hybridized carbons (Fsp3) is 0.417. The summed E-state index contributed by atoms with van der Waals surface area (Å²) in [5.74, 6) is -0.481. The van der Waals surface area contributed by atoms with Gasteiger partial charge in [0.2, 0.25) is 0 Å². The molecule has 1 aromatic rings. The average molecular weight is 261 g/mol. The van der Waals surface area contributed by atoms with E-state index in [0.717, 1.165) is 0 Å². The lowest BCUT2D eigenvalue weighted by molar-refractivity contribution is 0.0367. The van der Waals surface area contributed by atoms with Crippen LogP contribution in [0.25, 0.3) is 0 Å². The molecule has 0 bridgehead atoms. The number of benzene rings is 1. The summed E-state index contributed by atoms with van der Waals surface area (Å²) < 4.78 is 5.15. The van der Waals surface area contributed by atoms with Crippen LogP contribution in [0.1, 0.15) is 31.1 Å². The highest BCUT2D eigenvalue weighted by Gasteiger charge is 2.19. The Morgan fingerprint density at radius 2 is 1.75 bits per heavy atom. The summed E-state index contributed by atoms with van der Waals surface area (Å²) in [7, 11) is 0. The number of ether oxygens (including phenoxy) is 1. The molecule has 4 heteroatoms. The molecule has 0 saturated heterocycles. The largest absolute Gasteiger partial charge is 0.461 e. The molecule has 0 aromatic heterocycles. The maximum atomic E-state index is 11.7. The van der Waals surface area contributed by atoms with Gasteiger partial charge in [0.1, 0.15) is 0 Å². The minimum atomic E-state index is -0.481. The molecule has 0 aliphatic heterocycles. The van der Waals surface area contributed by atoms with E-state index in [1.807, 2.05) is 20.8 Å². The zero-order chi connectivity index (χ0) is 12.3. The van der Waals surface area contributed by atoms with Gasteiger partial charge in [0.25, 0.3) is 0 Å². The van der Waals surface area contributed by atoms with Crippen molar-refractivity contribution in [3.63, 3.8) is 0 Å². The van der Waals surface area contributed by atoms with Crippen LogP contribution in [-0.4, -0.2) is 12.6 Å². The van der Waals surface area contributed by atoms with Gasteiger partial charge in [-0.15, -0.1) is 0 Å². The van der Waals surface area contributed by atoms with Gasteiger partial charge >= 0.3 is 5.97 Å². The molecule has 16 heavy (non-hydrogen) atoms. The van der Waals surface area contributed by atoms with Crippen LogP contribution in [0.4, 0.5) is 0 Å². The van der Waals surface area contributed by atoms with E-state index in [4.69, 9.17) is 27.9 Å². The monoisotopic (exact) mass is 260 g/mol. The van der Waals surface area contributed by atoms with Gasteiger partial charge in [-0.1, -0.05) is 50.0 Å². The summed E-state index contributed by atoms with van der Waals surface area (Å²) in [6.45, 7) is 6.27. The smallest absolute Gasteiger partial charge is 0.341 e. The fourth-order valence-corrected chi connectivity index (χ4v) is 1.60. The van der Waals surface area contributed by atoms with Gasteiger partial charge in [-0.3, -0.25) is 0 Å². The van der Waals surface area contributed by atoms with Gasteiger partial charge in [-0.2, -0.15) is 0 Å². The van der Waals surface area contributed by atoms with E-state index >= 15 is 0 Å². The Morgan fingerprint density at radius 1 is 1.25 bits per heavy atom. The number of hydrogen-bond acceptors (Lipinski definition) is 2. The van der Waals surface area contributed by atoms with E-state index in [0.29, 0.717) is 16.7 Å². The number of rotatable bonds is 2. The molecule has 1 aromatic carbocycles. The van der Waals surface area contributed by atoms with Crippen LogP contribution >= 0.6 is 23.2 Å². The molecule has 0 heterocycles. The molecule has 88 valence electrons. The van der Waals surface area contributed by atoms with Gasteiger partial charge in [-0.25, -0.2) is 4.79 Å². The number of esters is 1. The minimum Gasteiger partial charge on any atom is -0.461 e. The second-order valence-corrected chi connectivity index (χ2v) is 5.55. The standard InChI is InChI=1S/C12H14Cl2O2/c1-12(2,3)7-16-11(15)10-8(13)5-4-6-9(10)14/h4-6H,7H2,1-3H3. The second kappa shape index (κ2) is 5.07. The van der Waals surface area contributed by atoms with E-state index in [1.54, 1.807) is 18.2 Å². The van der Waals surface area contributed by atoms with Crippen molar-refractivity contribution in [1.82, 2.24) is 0 Å². The van der Waals surface area contributed by atoms with Crippen LogP contribution in [0.15, 0.2) is 18.2 Å². The van der Waals surface area contributed by atoms with Gasteiger partial charge in [0, 0.05) is 0 Å². The third kappa shape index (κ3) is 3.69. The molecule has 0 aliphatic carbocycles. The molecular weight excluding hydrogens is 247 g/mol. The molecule has 0 atom stereocenters. The first kappa shape index (κ1) is 13.3. The average Bonchev–Trinajstić information content (AvgIpc) is 2.13. The third-order valence-electron chi connectivity index (χ3n) is 1.80. The zero-order valence-electron chi connectivity index (χ0n) is 9.51. The maximum Gasteiger partial charge on any atom is 0.341 e. The Kier molecular flexibility index (Phi) is 4.22. The Hall–Kier alpha value is -0.730. The lowest BCUT2D eigenvalue weighted by Gasteiger charge is -2.18. The molecule has 0 unspecified atom stereocenters. The van der Waals surface area contributed by atoms with Crippen molar-refractivity contribution in [2.24, 2.45) is 5.41 Å². The molecule has 0 amide bonds. The number of carbonyl (C=O) groups is 1. The van der Waals surface area contributed by atoms with E-state index in [1.165, 1.54) is 0 Å². The molecule has 1 rings (SSSR count). The van der Waals surface area contributed by atoms with Crippen LogP contribution in [0.3, 0.4) is 0 Å². The van der Waals surface area contributed by atoms with E-state index < -0.39 is 5.97 Å². The molecule has 0 N–H and O–H groups in total. The Morgan fingerprint density at radius 3 is 2.19 bits per heavy atom. The lowest BCUT2D eigenvalue weighted by atomic mass is 9.99. The summed E-state index contributed by atoms with van der Waals surface area (Å²) in [4.78, 5) is 11.7. The van der Waals surface area contributed by atoms with Crippen molar-refractivity contribution in [2.75, 3.05) is 6.61 Å². The van der Waals surface area contributed by atoms with Crippen molar-refractivity contribution in [1.29, 1.82) is 0 Å². The van der Waals surface area contributed by atoms with E-state index in [2.05, 4.69) is 0 Å². The van der Waals surface area contributed by atoms with E-state index in [-0.39, 0.29) is 11.0 Å². The number of halogens is 2. The second-order valence-electron chi connectivity index (χ2n) is 4.73. The predicted octanol–water partition coefficient (Wildman–Crippen LogP) is 4.20. The first-order chi connectivity index (χ1) is 7.31. The summed E-state index contributed by atoms with van der Waals surface area (Å²) in [5.41, 5.74) is 0.152. The first-order valence-electron chi connectivity index (χ1n) is 4.92. The van der Waals surface area contributed by atoms with Crippen molar-refractivity contribution >= 4 is 29.2 Å². The summed E-state index contributed by atoms with van der Waals surface area (Å²) in [6, 6.07) is 4.91.